The lowest BCUT2D eigenvalue weighted by Crippen LogP contribution is -1.93. The molecule has 0 atom stereocenters. The highest BCUT2D eigenvalue weighted by molar-refractivity contribution is 5.72. The Bertz CT molecular complexity index is 782. The van der Waals surface area contributed by atoms with Gasteiger partial charge in [-0.25, -0.2) is 0 Å². The number of aryl methyl sites for hydroxylation is 3. The van der Waals surface area contributed by atoms with E-state index in [0.29, 0.717) is 5.69 Å². The zero-order chi connectivity index (χ0) is 17.7. The molecule has 2 rings (SSSR count). The predicted molar refractivity (Wildman–Crippen MR) is 89.7 cm³/mol. The standard InChI is InChI=1S/C14H17N5.C2H4O2/c1-8-6-9(2)13(16-18-15)7-12(8)14-10(3)11(4)19(5)17-14;1-2(3)4/h6-7H,1-5H3;1H3,(H,3,4). The van der Waals surface area contributed by atoms with Crippen LogP contribution >= 0.6 is 0 Å². The van der Waals surface area contributed by atoms with Gasteiger partial charge in [0.25, 0.3) is 5.97 Å². The molecular weight excluding hydrogens is 294 g/mol. The molecule has 7 heteroatoms. The van der Waals surface area contributed by atoms with Crippen LogP contribution in [0.3, 0.4) is 0 Å². The van der Waals surface area contributed by atoms with Gasteiger partial charge >= 0.3 is 0 Å². The second-order valence-electron chi connectivity index (χ2n) is 5.34. The first kappa shape index (κ1) is 18.3. The molecule has 23 heavy (non-hydrogen) atoms. The number of aliphatic carboxylic acids is 1. The van der Waals surface area contributed by atoms with E-state index in [-0.39, 0.29) is 0 Å². The molecule has 2 aromatic rings. The number of carboxylic acid groups (broad SMARTS) is 1. The normalized spacial score (nSPS) is 9.65. The minimum atomic E-state index is -0.833. The number of nitrogens with zero attached hydrogens (tertiary/aromatic N) is 5. The maximum atomic E-state index is 9.00. The van der Waals surface area contributed by atoms with Crippen LogP contribution in [-0.2, 0) is 11.8 Å². The van der Waals surface area contributed by atoms with Crippen molar-refractivity contribution in [2.45, 2.75) is 34.6 Å². The van der Waals surface area contributed by atoms with E-state index < -0.39 is 5.97 Å². The maximum Gasteiger partial charge on any atom is 0.300 e. The van der Waals surface area contributed by atoms with Crippen molar-refractivity contribution >= 4 is 11.7 Å². The third-order valence-corrected chi connectivity index (χ3v) is 3.58. The lowest BCUT2D eigenvalue weighted by atomic mass is 9.99. The minimum absolute atomic E-state index is 0.658. The average molecular weight is 315 g/mol. The van der Waals surface area contributed by atoms with Crippen LogP contribution < -0.4 is 0 Å². The molecule has 0 bridgehead atoms. The SMILES string of the molecule is CC(=O)O.Cc1cc(C)c(-c2nn(C)c(C)c2C)cc1N=[N+]=[N-]. The zero-order valence-electron chi connectivity index (χ0n) is 14.2. The van der Waals surface area contributed by atoms with Gasteiger partial charge in [-0.15, -0.1) is 0 Å². The van der Waals surface area contributed by atoms with Gasteiger partial charge in [-0.2, -0.15) is 5.10 Å². The van der Waals surface area contributed by atoms with Crippen LogP contribution in [0.25, 0.3) is 21.7 Å². The topological polar surface area (TPSA) is 104 Å². The van der Waals surface area contributed by atoms with Crippen molar-refractivity contribution < 1.29 is 9.90 Å². The van der Waals surface area contributed by atoms with Gasteiger partial charge in [-0.1, -0.05) is 11.2 Å². The summed E-state index contributed by atoms with van der Waals surface area (Å²) in [6.45, 7) is 9.18. The molecule has 122 valence electrons. The van der Waals surface area contributed by atoms with E-state index in [1.54, 1.807) is 0 Å². The van der Waals surface area contributed by atoms with Gasteiger partial charge in [0.2, 0.25) is 0 Å². The fraction of sp³-hybridized carbons (Fsp3) is 0.375. The van der Waals surface area contributed by atoms with E-state index in [9.17, 15) is 0 Å². The van der Waals surface area contributed by atoms with Crippen LogP contribution in [0.15, 0.2) is 17.2 Å². The van der Waals surface area contributed by atoms with E-state index in [1.807, 2.05) is 44.6 Å². The molecule has 0 unspecified atom stereocenters. The van der Waals surface area contributed by atoms with Crippen molar-refractivity contribution in [3.8, 4) is 11.3 Å². The number of azide groups is 1. The Morgan fingerprint density at radius 2 is 1.83 bits per heavy atom. The Balaban J connectivity index is 0.000000593. The van der Waals surface area contributed by atoms with Crippen molar-refractivity contribution in [1.29, 1.82) is 0 Å². The van der Waals surface area contributed by atoms with Gasteiger partial charge in [0, 0.05) is 35.8 Å². The van der Waals surface area contributed by atoms with Crippen LogP contribution in [0.4, 0.5) is 5.69 Å². The van der Waals surface area contributed by atoms with Crippen LogP contribution in [0.1, 0.15) is 29.3 Å². The Morgan fingerprint density at radius 1 is 1.26 bits per heavy atom. The van der Waals surface area contributed by atoms with E-state index in [0.717, 1.165) is 40.6 Å². The summed E-state index contributed by atoms with van der Waals surface area (Å²) in [6, 6.07) is 3.95. The summed E-state index contributed by atoms with van der Waals surface area (Å²) < 4.78 is 1.87. The van der Waals surface area contributed by atoms with Crippen LogP contribution in [0.2, 0.25) is 0 Å². The van der Waals surface area contributed by atoms with Gasteiger partial charge < -0.3 is 5.11 Å². The molecule has 0 radical (unpaired) electrons. The fourth-order valence-electron chi connectivity index (χ4n) is 2.22. The van der Waals surface area contributed by atoms with Crippen LogP contribution in [-0.4, -0.2) is 20.9 Å². The molecule has 1 N–H and O–H groups in total. The zero-order valence-corrected chi connectivity index (χ0v) is 14.2. The monoisotopic (exact) mass is 315 g/mol. The molecule has 0 fully saturated rings. The number of aromatic nitrogens is 2. The van der Waals surface area contributed by atoms with Crippen molar-refractivity contribution in [2.24, 2.45) is 12.2 Å². The van der Waals surface area contributed by atoms with Gasteiger partial charge in [0.15, 0.2) is 0 Å². The highest BCUT2D eigenvalue weighted by atomic mass is 16.4. The number of rotatable bonds is 2. The van der Waals surface area contributed by atoms with Crippen molar-refractivity contribution in [1.82, 2.24) is 9.78 Å². The second-order valence-corrected chi connectivity index (χ2v) is 5.34. The lowest BCUT2D eigenvalue weighted by molar-refractivity contribution is -0.134. The van der Waals surface area contributed by atoms with Crippen LogP contribution in [0, 0.1) is 27.7 Å². The summed E-state index contributed by atoms with van der Waals surface area (Å²) in [5.41, 5.74) is 15.7. The van der Waals surface area contributed by atoms with E-state index >= 15 is 0 Å². The highest BCUT2D eigenvalue weighted by Gasteiger charge is 2.14. The summed E-state index contributed by atoms with van der Waals surface area (Å²) >= 11 is 0. The molecule has 0 saturated carbocycles. The second kappa shape index (κ2) is 7.47. The predicted octanol–water partition coefficient (Wildman–Crippen LogP) is 4.35. The number of carbonyl (C=O) groups is 1. The molecule has 1 aromatic carbocycles. The lowest BCUT2D eigenvalue weighted by Gasteiger charge is -2.08. The van der Waals surface area contributed by atoms with Crippen LogP contribution in [0.5, 0.6) is 0 Å². The minimum Gasteiger partial charge on any atom is -0.481 e. The first-order valence-electron chi connectivity index (χ1n) is 7.05. The summed E-state index contributed by atoms with van der Waals surface area (Å²) in [6.07, 6.45) is 0. The van der Waals surface area contributed by atoms with Gasteiger partial charge in [0.05, 0.1) is 5.69 Å². The Hall–Kier alpha value is -2.79. The maximum absolute atomic E-state index is 9.00. The summed E-state index contributed by atoms with van der Waals surface area (Å²) in [7, 11) is 1.93. The van der Waals surface area contributed by atoms with Gasteiger partial charge in [0.1, 0.15) is 0 Å². The van der Waals surface area contributed by atoms with Crippen molar-refractivity contribution in [3.63, 3.8) is 0 Å². The molecule has 0 saturated heterocycles. The summed E-state index contributed by atoms with van der Waals surface area (Å²) in [5.74, 6) is -0.833. The average Bonchev–Trinajstić information content (AvgIpc) is 2.69. The number of hydrogen-bond donors (Lipinski definition) is 1. The number of hydrogen-bond acceptors (Lipinski definition) is 3. The quantitative estimate of drug-likeness (QED) is 0.506. The molecule has 0 aliphatic heterocycles. The van der Waals surface area contributed by atoms with Crippen molar-refractivity contribution in [2.75, 3.05) is 0 Å². The first-order chi connectivity index (χ1) is 10.7. The smallest absolute Gasteiger partial charge is 0.300 e. The molecule has 0 amide bonds. The summed E-state index contributed by atoms with van der Waals surface area (Å²) in [4.78, 5) is 11.9. The fourth-order valence-corrected chi connectivity index (χ4v) is 2.22. The van der Waals surface area contributed by atoms with E-state index in [4.69, 9.17) is 15.4 Å². The molecule has 0 spiro atoms. The number of carboxylic acids is 1. The first-order valence-corrected chi connectivity index (χ1v) is 7.05. The molecule has 1 aromatic heterocycles. The Labute approximate surface area is 135 Å². The Morgan fingerprint density at radius 3 is 2.26 bits per heavy atom. The molecule has 7 nitrogen and oxygen atoms in total. The number of benzene rings is 1. The third kappa shape index (κ3) is 4.34. The van der Waals surface area contributed by atoms with Gasteiger partial charge in [-0.3, -0.25) is 9.48 Å². The molecular formula is C16H21N5O2. The summed E-state index contributed by atoms with van der Waals surface area (Å²) in [5, 5.41) is 15.7. The molecule has 0 aliphatic rings. The Kier molecular flexibility index (Phi) is 5.93. The van der Waals surface area contributed by atoms with Gasteiger partial charge in [-0.05, 0) is 56.0 Å². The van der Waals surface area contributed by atoms with E-state index in [1.165, 1.54) is 0 Å². The third-order valence-electron chi connectivity index (χ3n) is 3.58. The van der Waals surface area contributed by atoms with Crippen molar-refractivity contribution in [3.05, 3.63) is 45.0 Å². The highest BCUT2D eigenvalue weighted by Crippen LogP contribution is 2.32. The van der Waals surface area contributed by atoms with E-state index in [2.05, 4.69) is 22.0 Å². The molecule has 0 aliphatic carbocycles. The molecule has 1 heterocycles. The largest absolute Gasteiger partial charge is 0.481 e.